The Bertz CT molecular complexity index is 822. The van der Waals surface area contributed by atoms with Crippen molar-refractivity contribution < 1.29 is 24.5 Å². The smallest absolute Gasteiger partial charge is 0.305 e. The number of carbonyl (C=O) groups excluding carboxylic acids is 2. The van der Waals surface area contributed by atoms with E-state index < -0.39 is 12.1 Å². The Morgan fingerprint density at radius 2 is 0.707 bits per heavy atom. The number of aliphatic hydroxyl groups is 2. The Hall–Kier alpha value is -1.14. The second-order valence-corrected chi connectivity index (χ2v) is 18.2. The molecule has 2 unspecified atom stereocenters. The molecule has 0 aliphatic carbocycles. The lowest BCUT2D eigenvalue weighted by Crippen LogP contribution is -2.45. The van der Waals surface area contributed by atoms with Gasteiger partial charge in [-0.1, -0.05) is 258 Å². The summed E-state index contributed by atoms with van der Waals surface area (Å²) < 4.78 is 5.46. The first-order valence-electron chi connectivity index (χ1n) is 26.3. The largest absolute Gasteiger partial charge is 0.466 e. The number of hydrogen-bond acceptors (Lipinski definition) is 5. The van der Waals surface area contributed by atoms with Crippen molar-refractivity contribution >= 4 is 11.9 Å². The maximum Gasteiger partial charge on any atom is 0.305 e. The molecule has 0 bridgehead atoms. The summed E-state index contributed by atoms with van der Waals surface area (Å²) in [6.45, 7) is 4.91. The van der Waals surface area contributed by atoms with Gasteiger partial charge in [0.05, 0.1) is 25.4 Å². The number of esters is 1. The lowest BCUT2D eigenvalue weighted by Gasteiger charge is -2.22. The average molecular weight is 822 g/mol. The van der Waals surface area contributed by atoms with Crippen LogP contribution in [0.5, 0.6) is 0 Å². The van der Waals surface area contributed by atoms with E-state index in [-0.39, 0.29) is 18.5 Å². The Balaban J connectivity index is 3.45. The quantitative estimate of drug-likeness (QED) is 0.0420. The summed E-state index contributed by atoms with van der Waals surface area (Å²) in [5.74, 6) is -0.0800. The SMILES string of the molecule is CCCCCCCCCCCCCCCCCCCC(=O)OCCCCCCCCCCCC(=O)NC(CO)C(O)CCCCCCCCCCCCCCCCC. The van der Waals surface area contributed by atoms with Crippen molar-refractivity contribution in [1.29, 1.82) is 0 Å². The third-order valence-corrected chi connectivity index (χ3v) is 12.4. The van der Waals surface area contributed by atoms with Crippen molar-refractivity contribution in [3.63, 3.8) is 0 Å². The number of ether oxygens (including phenoxy) is 1. The van der Waals surface area contributed by atoms with Crippen molar-refractivity contribution in [3.05, 3.63) is 0 Å². The topological polar surface area (TPSA) is 95.9 Å². The highest BCUT2D eigenvalue weighted by molar-refractivity contribution is 5.76. The van der Waals surface area contributed by atoms with Gasteiger partial charge in [-0.3, -0.25) is 9.59 Å². The Morgan fingerprint density at radius 3 is 1.05 bits per heavy atom. The van der Waals surface area contributed by atoms with Gasteiger partial charge in [0.1, 0.15) is 0 Å². The average Bonchev–Trinajstić information content (AvgIpc) is 3.22. The van der Waals surface area contributed by atoms with Gasteiger partial charge in [-0.2, -0.15) is 0 Å². The van der Waals surface area contributed by atoms with Gasteiger partial charge in [-0.15, -0.1) is 0 Å². The molecule has 6 nitrogen and oxygen atoms in total. The fraction of sp³-hybridized carbons (Fsp3) is 0.962. The van der Waals surface area contributed by atoms with Crippen LogP contribution in [0.4, 0.5) is 0 Å². The molecule has 2 atom stereocenters. The van der Waals surface area contributed by atoms with Crippen molar-refractivity contribution in [2.45, 2.75) is 309 Å². The molecular formula is C52H103NO5. The van der Waals surface area contributed by atoms with Crippen LogP contribution in [0.1, 0.15) is 296 Å². The zero-order valence-electron chi connectivity index (χ0n) is 39.3. The van der Waals surface area contributed by atoms with Crippen LogP contribution in [0.15, 0.2) is 0 Å². The number of nitrogens with one attached hydrogen (secondary N) is 1. The van der Waals surface area contributed by atoms with E-state index in [9.17, 15) is 19.8 Å². The van der Waals surface area contributed by atoms with Crippen molar-refractivity contribution in [1.82, 2.24) is 5.32 Å². The molecule has 346 valence electrons. The van der Waals surface area contributed by atoms with E-state index in [1.54, 1.807) is 0 Å². The molecule has 0 aromatic heterocycles. The molecule has 3 N–H and O–H groups in total. The van der Waals surface area contributed by atoms with Crippen LogP contribution in [0.25, 0.3) is 0 Å². The fourth-order valence-electron chi connectivity index (χ4n) is 8.35. The number of hydrogen-bond donors (Lipinski definition) is 3. The van der Waals surface area contributed by atoms with Crippen LogP contribution in [-0.2, 0) is 14.3 Å². The van der Waals surface area contributed by atoms with Crippen LogP contribution in [0.3, 0.4) is 0 Å². The van der Waals surface area contributed by atoms with Gasteiger partial charge in [0.2, 0.25) is 5.91 Å². The molecule has 58 heavy (non-hydrogen) atoms. The summed E-state index contributed by atoms with van der Waals surface area (Å²) in [6.07, 6.45) is 53.6. The van der Waals surface area contributed by atoms with Gasteiger partial charge in [0.15, 0.2) is 0 Å². The third-order valence-electron chi connectivity index (χ3n) is 12.4. The fourth-order valence-corrected chi connectivity index (χ4v) is 8.35. The Morgan fingerprint density at radius 1 is 0.414 bits per heavy atom. The summed E-state index contributed by atoms with van der Waals surface area (Å²) in [7, 11) is 0. The number of rotatable bonds is 49. The van der Waals surface area contributed by atoms with E-state index in [0.29, 0.717) is 25.9 Å². The molecular weight excluding hydrogens is 719 g/mol. The van der Waals surface area contributed by atoms with Crippen LogP contribution in [-0.4, -0.2) is 47.4 Å². The van der Waals surface area contributed by atoms with Gasteiger partial charge in [0, 0.05) is 12.8 Å². The van der Waals surface area contributed by atoms with Gasteiger partial charge >= 0.3 is 5.97 Å². The highest BCUT2D eigenvalue weighted by Gasteiger charge is 2.20. The molecule has 0 rings (SSSR count). The molecule has 0 saturated carbocycles. The maximum atomic E-state index is 12.4. The molecule has 0 fully saturated rings. The van der Waals surface area contributed by atoms with E-state index in [1.807, 2.05) is 0 Å². The summed E-state index contributed by atoms with van der Waals surface area (Å²) in [6, 6.07) is -0.559. The van der Waals surface area contributed by atoms with E-state index >= 15 is 0 Å². The number of amides is 1. The highest BCUT2D eigenvalue weighted by atomic mass is 16.5. The summed E-state index contributed by atoms with van der Waals surface area (Å²) in [5.41, 5.74) is 0. The molecule has 1 amide bonds. The van der Waals surface area contributed by atoms with Gasteiger partial charge < -0.3 is 20.3 Å². The molecule has 0 aliphatic rings. The molecule has 0 aliphatic heterocycles. The first-order valence-corrected chi connectivity index (χ1v) is 26.3. The molecule has 0 saturated heterocycles. The van der Waals surface area contributed by atoms with Crippen LogP contribution < -0.4 is 5.32 Å². The van der Waals surface area contributed by atoms with Crippen molar-refractivity contribution in [3.8, 4) is 0 Å². The lowest BCUT2D eigenvalue weighted by molar-refractivity contribution is -0.143. The second-order valence-electron chi connectivity index (χ2n) is 18.2. The normalized spacial score (nSPS) is 12.6. The molecule has 0 spiro atoms. The number of unbranched alkanes of at least 4 members (excludes halogenated alkanes) is 38. The van der Waals surface area contributed by atoms with Crippen LogP contribution in [0, 0.1) is 0 Å². The lowest BCUT2D eigenvalue weighted by atomic mass is 10.0. The predicted molar refractivity (Wildman–Crippen MR) is 250 cm³/mol. The summed E-state index contributed by atoms with van der Waals surface area (Å²) in [4.78, 5) is 24.5. The monoisotopic (exact) mass is 822 g/mol. The number of carbonyl (C=O) groups is 2. The minimum atomic E-state index is -0.679. The standard InChI is InChI=1S/C52H103NO5/c1-3-5-7-9-11-13-15-17-19-20-22-24-26-30-34-38-42-46-52(57)58-47-43-39-35-31-27-29-33-37-41-45-51(56)53-49(48-54)50(55)44-40-36-32-28-25-23-21-18-16-14-12-10-8-6-4-2/h49-50,54-55H,3-48H2,1-2H3,(H,53,56). The summed E-state index contributed by atoms with van der Waals surface area (Å²) in [5, 5.41) is 23.2. The minimum absolute atomic E-state index is 0.0203. The highest BCUT2D eigenvalue weighted by Crippen LogP contribution is 2.17. The first-order chi connectivity index (χ1) is 28.5. The molecule has 0 aromatic rings. The Labute approximate surface area is 362 Å². The zero-order valence-corrected chi connectivity index (χ0v) is 39.3. The predicted octanol–water partition coefficient (Wildman–Crippen LogP) is 15.6. The second kappa shape index (κ2) is 48.5. The summed E-state index contributed by atoms with van der Waals surface area (Å²) >= 11 is 0. The van der Waals surface area contributed by atoms with Crippen molar-refractivity contribution in [2.75, 3.05) is 13.2 Å². The van der Waals surface area contributed by atoms with Crippen molar-refractivity contribution in [2.24, 2.45) is 0 Å². The van der Waals surface area contributed by atoms with Crippen LogP contribution >= 0.6 is 0 Å². The molecule has 6 heteroatoms. The minimum Gasteiger partial charge on any atom is -0.466 e. The van der Waals surface area contributed by atoms with Gasteiger partial charge in [0.25, 0.3) is 0 Å². The van der Waals surface area contributed by atoms with E-state index in [1.165, 1.54) is 205 Å². The maximum absolute atomic E-state index is 12.4. The first kappa shape index (κ1) is 56.9. The third kappa shape index (κ3) is 44.4. The van der Waals surface area contributed by atoms with Gasteiger partial charge in [-0.25, -0.2) is 0 Å². The Kier molecular flexibility index (Phi) is 47.6. The zero-order chi connectivity index (χ0) is 42.3. The molecule has 0 radical (unpaired) electrons. The number of aliphatic hydroxyl groups excluding tert-OH is 2. The van der Waals surface area contributed by atoms with E-state index in [0.717, 1.165) is 57.8 Å². The van der Waals surface area contributed by atoms with E-state index in [2.05, 4.69) is 19.2 Å². The van der Waals surface area contributed by atoms with Gasteiger partial charge in [-0.05, 0) is 25.7 Å². The molecule has 0 aromatic carbocycles. The van der Waals surface area contributed by atoms with Crippen LogP contribution in [0.2, 0.25) is 0 Å². The van der Waals surface area contributed by atoms with E-state index in [4.69, 9.17) is 4.74 Å². The molecule has 0 heterocycles.